The Balaban J connectivity index is 1.27. The molecule has 4 rings (SSSR count). The van der Waals surface area contributed by atoms with Crippen LogP contribution < -0.4 is 9.47 Å². The van der Waals surface area contributed by atoms with Crippen molar-refractivity contribution in [3.05, 3.63) is 24.3 Å². The molecule has 2 heterocycles. The second-order valence-electron chi connectivity index (χ2n) is 7.59. The van der Waals surface area contributed by atoms with Gasteiger partial charge in [0.1, 0.15) is 6.61 Å². The zero-order chi connectivity index (χ0) is 18.1. The Kier molecular flexibility index (Phi) is 4.74. The number of para-hydroxylation sites is 2. The van der Waals surface area contributed by atoms with E-state index < -0.39 is 0 Å². The Hall–Kier alpha value is -2.24. The largest absolute Gasteiger partial charge is 0.486 e. The highest BCUT2D eigenvalue weighted by Crippen LogP contribution is 2.33. The molecule has 2 aliphatic heterocycles. The van der Waals surface area contributed by atoms with E-state index in [9.17, 15) is 9.59 Å². The summed E-state index contributed by atoms with van der Waals surface area (Å²) in [5.41, 5.74) is 0. The van der Waals surface area contributed by atoms with E-state index in [4.69, 9.17) is 9.47 Å². The number of hydrogen-bond acceptors (Lipinski definition) is 4. The number of amides is 2. The number of hydrogen-bond donors (Lipinski definition) is 0. The number of likely N-dealkylation sites (N-methyl/N-ethyl adjacent to an activating group) is 1. The quantitative estimate of drug-likeness (QED) is 0.825. The van der Waals surface area contributed by atoms with E-state index in [0.717, 1.165) is 37.2 Å². The van der Waals surface area contributed by atoms with Crippen LogP contribution in [0.1, 0.15) is 25.7 Å². The van der Waals surface area contributed by atoms with Crippen molar-refractivity contribution in [2.24, 2.45) is 11.8 Å². The Morgan fingerprint density at radius 1 is 1.08 bits per heavy atom. The summed E-state index contributed by atoms with van der Waals surface area (Å²) in [7, 11) is 1.83. The van der Waals surface area contributed by atoms with Crippen molar-refractivity contribution < 1.29 is 19.1 Å². The third-order valence-electron chi connectivity index (χ3n) is 5.50. The van der Waals surface area contributed by atoms with Crippen molar-refractivity contribution in [3.63, 3.8) is 0 Å². The summed E-state index contributed by atoms with van der Waals surface area (Å²) < 4.78 is 11.7. The van der Waals surface area contributed by atoms with Gasteiger partial charge in [0.2, 0.25) is 11.8 Å². The van der Waals surface area contributed by atoms with Crippen LogP contribution in [0.5, 0.6) is 11.5 Å². The molecule has 1 aromatic rings. The van der Waals surface area contributed by atoms with Crippen LogP contribution in [-0.4, -0.2) is 61.0 Å². The molecule has 1 saturated heterocycles. The predicted octanol–water partition coefficient (Wildman–Crippen LogP) is 1.93. The molecule has 0 N–H and O–H groups in total. The normalized spacial score (nSPS) is 22.8. The number of piperidine rings is 1. The first-order valence-electron chi connectivity index (χ1n) is 9.54. The van der Waals surface area contributed by atoms with Gasteiger partial charge in [-0.05, 0) is 37.8 Å². The number of likely N-dealkylation sites (tertiary alicyclic amines) is 1. The van der Waals surface area contributed by atoms with Crippen molar-refractivity contribution in [1.82, 2.24) is 9.80 Å². The Bertz CT molecular complexity index is 680. The molecule has 26 heavy (non-hydrogen) atoms. The van der Waals surface area contributed by atoms with E-state index in [0.29, 0.717) is 26.2 Å². The second kappa shape index (κ2) is 7.17. The summed E-state index contributed by atoms with van der Waals surface area (Å²) in [5.74, 6) is 2.18. The van der Waals surface area contributed by atoms with Crippen LogP contribution in [-0.2, 0) is 9.59 Å². The summed E-state index contributed by atoms with van der Waals surface area (Å²) in [4.78, 5) is 28.6. The topological polar surface area (TPSA) is 59.1 Å². The molecular formula is C20H26N2O4. The number of carbonyl (C=O) groups is 2. The van der Waals surface area contributed by atoms with Crippen molar-refractivity contribution in [2.45, 2.75) is 31.8 Å². The molecule has 1 saturated carbocycles. The second-order valence-corrected chi connectivity index (χ2v) is 7.59. The van der Waals surface area contributed by atoms with Gasteiger partial charge >= 0.3 is 0 Å². The SMILES string of the molecule is CN(CC1COc2ccccc2O1)C(=O)C1CCN(C(=O)C2CC2)CC1. The van der Waals surface area contributed by atoms with Gasteiger partial charge in [-0.1, -0.05) is 12.1 Å². The highest BCUT2D eigenvalue weighted by atomic mass is 16.6. The van der Waals surface area contributed by atoms with Gasteiger partial charge in [-0.25, -0.2) is 0 Å². The zero-order valence-corrected chi connectivity index (χ0v) is 15.2. The van der Waals surface area contributed by atoms with Crippen LogP contribution in [0.2, 0.25) is 0 Å². The van der Waals surface area contributed by atoms with E-state index in [1.165, 1.54) is 0 Å². The van der Waals surface area contributed by atoms with Gasteiger partial charge in [0.05, 0.1) is 6.54 Å². The maximum atomic E-state index is 12.8. The van der Waals surface area contributed by atoms with E-state index in [-0.39, 0.29) is 29.8 Å². The van der Waals surface area contributed by atoms with E-state index in [2.05, 4.69) is 0 Å². The molecule has 0 bridgehead atoms. The van der Waals surface area contributed by atoms with Gasteiger partial charge < -0.3 is 19.3 Å². The van der Waals surface area contributed by atoms with Crippen molar-refractivity contribution >= 4 is 11.8 Å². The number of nitrogens with zero attached hydrogens (tertiary/aromatic N) is 2. The minimum Gasteiger partial charge on any atom is -0.486 e. The maximum absolute atomic E-state index is 12.8. The Morgan fingerprint density at radius 2 is 1.77 bits per heavy atom. The molecule has 0 radical (unpaired) electrons. The molecule has 1 atom stereocenters. The fourth-order valence-electron chi connectivity index (χ4n) is 3.80. The van der Waals surface area contributed by atoms with Crippen molar-refractivity contribution in [3.8, 4) is 11.5 Å². The molecule has 2 fully saturated rings. The minimum absolute atomic E-state index is 0.0000447. The average molecular weight is 358 g/mol. The first-order valence-corrected chi connectivity index (χ1v) is 9.54. The van der Waals surface area contributed by atoms with Crippen LogP contribution in [0.15, 0.2) is 24.3 Å². The predicted molar refractivity (Wildman–Crippen MR) is 96.0 cm³/mol. The van der Waals surface area contributed by atoms with Crippen LogP contribution in [0.25, 0.3) is 0 Å². The molecule has 6 nitrogen and oxygen atoms in total. The van der Waals surface area contributed by atoms with Crippen LogP contribution in [0.3, 0.4) is 0 Å². The minimum atomic E-state index is -0.157. The van der Waals surface area contributed by atoms with Crippen LogP contribution in [0.4, 0.5) is 0 Å². The summed E-state index contributed by atoms with van der Waals surface area (Å²) in [6.07, 6.45) is 3.43. The molecule has 1 aromatic carbocycles. The molecular weight excluding hydrogens is 332 g/mol. The average Bonchev–Trinajstić information content (AvgIpc) is 3.52. The third kappa shape index (κ3) is 3.64. The summed E-state index contributed by atoms with van der Waals surface area (Å²) >= 11 is 0. The fourth-order valence-corrected chi connectivity index (χ4v) is 3.80. The zero-order valence-electron chi connectivity index (χ0n) is 15.2. The summed E-state index contributed by atoms with van der Waals surface area (Å²) in [6, 6.07) is 7.60. The number of ether oxygens (including phenoxy) is 2. The lowest BCUT2D eigenvalue weighted by atomic mass is 9.95. The number of benzene rings is 1. The standard InChI is InChI=1S/C20H26N2O4/c1-21(12-16-13-25-17-4-2-3-5-18(17)26-16)19(23)15-8-10-22(11-9-15)20(24)14-6-7-14/h2-5,14-16H,6-13H2,1H3. The molecule has 0 spiro atoms. The number of fused-ring (bicyclic) bond motifs is 1. The van der Waals surface area contributed by atoms with E-state index >= 15 is 0 Å². The highest BCUT2D eigenvalue weighted by Gasteiger charge is 2.36. The highest BCUT2D eigenvalue weighted by molar-refractivity contribution is 5.82. The van der Waals surface area contributed by atoms with Crippen molar-refractivity contribution in [2.75, 3.05) is 33.3 Å². The van der Waals surface area contributed by atoms with Gasteiger partial charge in [-0.3, -0.25) is 9.59 Å². The molecule has 6 heteroatoms. The van der Waals surface area contributed by atoms with Crippen LogP contribution in [0, 0.1) is 11.8 Å². The Morgan fingerprint density at radius 3 is 2.46 bits per heavy atom. The van der Waals surface area contributed by atoms with Gasteiger partial charge in [-0.15, -0.1) is 0 Å². The third-order valence-corrected chi connectivity index (χ3v) is 5.50. The lowest BCUT2D eigenvalue weighted by Gasteiger charge is -2.35. The van der Waals surface area contributed by atoms with Gasteiger partial charge in [0.15, 0.2) is 17.6 Å². The van der Waals surface area contributed by atoms with Gasteiger partial charge in [-0.2, -0.15) is 0 Å². The van der Waals surface area contributed by atoms with Crippen LogP contribution >= 0.6 is 0 Å². The molecule has 1 unspecified atom stereocenters. The molecule has 1 aliphatic carbocycles. The van der Waals surface area contributed by atoms with E-state index in [1.807, 2.05) is 36.2 Å². The Labute approximate surface area is 154 Å². The number of carbonyl (C=O) groups excluding carboxylic acids is 2. The summed E-state index contributed by atoms with van der Waals surface area (Å²) in [6.45, 7) is 2.36. The fraction of sp³-hybridized carbons (Fsp3) is 0.600. The smallest absolute Gasteiger partial charge is 0.225 e. The molecule has 0 aromatic heterocycles. The van der Waals surface area contributed by atoms with Crippen molar-refractivity contribution in [1.29, 1.82) is 0 Å². The summed E-state index contributed by atoms with van der Waals surface area (Å²) in [5, 5.41) is 0. The maximum Gasteiger partial charge on any atom is 0.225 e. The van der Waals surface area contributed by atoms with Gasteiger partial charge in [0.25, 0.3) is 0 Å². The first kappa shape index (κ1) is 17.2. The van der Waals surface area contributed by atoms with E-state index in [1.54, 1.807) is 4.90 Å². The molecule has 140 valence electrons. The molecule has 2 amide bonds. The molecule has 3 aliphatic rings. The number of rotatable bonds is 4. The first-order chi connectivity index (χ1) is 12.6. The monoisotopic (exact) mass is 358 g/mol. The van der Waals surface area contributed by atoms with Gasteiger partial charge in [0, 0.05) is 32.0 Å². The lowest BCUT2D eigenvalue weighted by Crippen LogP contribution is -2.47. The lowest BCUT2D eigenvalue weighted by molar-refractivity contribution is -0.141.